The number of fused-ring (bicyclic) bond motifs is 4. The fraction of sp³-hybridized carbons (Fsp3) is 0.0909. The summed E-state index contributed by atoms with van der Waals surface area (Å²) in [6.07, 6.45) is 3.55. The maximum atomic E-state index is 5.35. The fourth-order valence-corrected chi connectivity index (χ4v) is 1.99. The highest BCUT2D eigenvalue weighted by Crippen LogP contribution is 2.37. The Hall–Kier alpha value is -2.30. The Bertz CT molecular complexity index is 705. The number of ether oxygens (including phenoxy) is 2. The summed E-state index contributed by atoms with van der Waals surface area (Å²) in [4.78, 5) is 4.36. The van der Waals surface area contributed by atoms with Crippen LogP contribution in [0.1, 0.15) is 0 Å². The van der Waals surface area contributed by atoms with Gasteiger partial charge in [0.2, 0.25) is 6.79 Å². The van der Waals surface area contributed by atoms with Crippen molar-refractivity contribution >= 4 is 21.8 Å². The minimum Gasteiger partial charge on any atom is -0.454 e. The lowest BCUT2D eigenvalue weighted by molar-refractivity contribution is 0.174. The van der Waals surface area contributed by atoms with Crippen LogP contribution in [-0.2, 0) is 0 Å². The van der Waals surface area contributed by atoms with E-state index in [2.05, 4.69) is 15.2 Å². The summed E-state index contributed by atoms with van der Waals surface area (Å²) >= 11 is 0. The molecule has 78 valence electrons. The molecule has 1 aliphatic rings. The van der Waals surface area contributed by atoms with Crippen LogP contribution >= 0.6 is 0 Å². The van der Waals surface area contributed by atoms with Gasteiger partial charge in [-0.2, -0.15) is 5.10 Å². The van der Waals surface area contributed by atoms with Gasteiger partial charge in [0.15, 0.2) is 11.5 Å². The Morgan fingerprint density at radius 2 is 2.00 bits per heavy atom. The molecule has 0 unspecified atom stereocenters. The number of nitrogens with one attached hydrogen (secondary N) is 1. The first-order chi connectivity index (χ1) is 7.92. The lowest BCUT2D eigenvalue weighted by atomic mass is 10.1. The van der Waals surface area contributed by atoms with E-state index in [9.17, 15) is 0 Å². The number of H-pyrrole nitrogens is 1. The number of hydrogen-bond donors (Lipinski definition) is 1. The zero-order valence-corrected chi connectivity index (χ0v) is 8.23. The second kappa shape index (κ2) is 2.63. The third-order valence-corrected chi connectivity index (χ3v) is 2.77. The van der Waals surface area contributed by atoms with Gasteiger partial charge in [-0.05, 0) is 6.07 Å². The van der Waals surface area contributed by atoms with Crippen LogP contribution in [0, 0.1) is 0 Å². The summed E-state index contributed by atoms with van der Waals surface area (Å²) in [5.41, 5.74) is 1.85. The molecule has 0 bridgehead atoms. The van der Waals surface area contributed by atoms with E-state index in [0.717, 1.165) is 33.3 Å². The molecule has 0 saturated heterocycles. The maximum absolute atomic E-state index is 5.35. The first-order valence-corrected chi connectivity index (χ1v) is 4.93. The summed E-state index contributed by atoms with van der Waals surface area (Å²) in [5.74, 6) is 1.51. The predicted octanol–water partition coefficient (Wildman–Crippen LogP) is 1.84. The molecule has 16 heavy (non-hydrogen) atoms. The fourth-order valence-electron chi connectivity index (χ4n) is 1.99. The van der Waals surface area contributed by atoms with E-state index < -0.39 is 0 Å². The van der Waals surface area contributed by atoms with Crippen LogP contribution in [0.25, 0.3) is 21.8 Å². The van der Waals surface area contributed by atoms with Crippen molar-refractivity contribution in [2.45, 2.75) is 0 Å². The molecule has 3 heterocycles. The Balaban J connectivity index is 2.20. The van der Waals surface area contributed by atoms with Crippen LogP contribution in [0.15, 0.2) is 24.5 Å². The van der Waals surface area contributed by atoms with Gasteiger partial charge in [-0.25, -0.2) is 0 Å². The summed E-state index contributed by atoms with van der Waals surface area (Å²) in [6.45, 7) is 0.276. The molecule has 5 heteroatoms. The molecule has 1 N–H and O–H groups in total. The number of aromatic nitrogens is 3. The van der Waals surface area contributed by atoms with Crippen molar-refractivity contribution < 1.29 is 9.47 Å². The number of hydrogen-bond acceptors (Lipinski definition) is 4. The molecule has 4 rings (SSSR count). The van der Waals surface area contributed by atoms with Gasteiger partial charge >= 0.3 is 0 Å². The van der Waals surface area contributed by atoms with Crippen LogP contribution in [0.5, 0.6) is 11.5 Å². The van der Waals surface area contributed by atoms with Gasteiger partial charge in [0, 0.05) is 23.0 Å². The number of pyridine rings is 1. The van der Waals surface area contributed by atoms with Crippen molar-refractivity contribution in [2.24, 2.45) is 0 Å². The third kappa shape index (κ3) is 0.894. The zero-order chi connectivity index (χ0) is 10.5. The SMILES string of the molecule is c1n[nH]c2c1cnc1cc3c(cc12)OCO3. The maximum Gasteiger partial charge on any atom is 0.231 e. The van der Waals surface area contributed by atoms with Crippen molar-refractivity contribution in [3.05, 3.63) is 24.5 Å². The van der Waals surface area contributed by atoms with E-state index >= 15 is 0 Å². The van der Waals surface area contributed by atoms with E-state index in [1.165, 1.54) is 0 Å². The lowest BCUT2D eigenvalue weighted by Gasteiger charge is -2.00. The summed E-state index contributed by atoms with van der Waals surface area (Å²) in [5, 5.41) is 8.97. The first-order valence-electron chi connectivity index (χ1n) is 4.93. The summed E-state index contributed by atoms with van der Waals surface area (Å²) < 4.78 is 10.7. The molecule has 0 atom stereocenters. The second-order valence-corrected chi connectivity index (χ2v) is 3.68. The molecule has 3 aromatic rings. The number of nitrogens with zero attached hydrogens (tertiary/aromatic N) is 2. The quantitative estimate of drug-likeness (QED) is 0.619. The van der Waals surface area contributed by atoms with Crippen LogP contribution in [0.4, 0.5) is 0 Å². The van der Waals surface area contributed by atoms with Crippen molar-refractivity contribution in [1.29, 1.82) is 0 Å². The molecule has 5 nitrogen and oxygen atoms in total. The molecule has 1 aromatic carbocycles. The van der Waals surface area contributed by atoms with Gasteiger partial charge < -0.3 is 9.47 Å². The van der Waals surface area contributed by atoms with Crippen LogP contribution in [-0.4, -0.2) is 22.0 Å². The van der Waals surface area contributed by atoms with Gasteiger partial charge in [0.05, 0.1) is 17.2 Å². The molecule has 0 aliphatic carbocycles. The molecule has 0 spiro atoms. The van der Waals surface area contributed by atoms with Gasteiger partial charge in [-0.3, -0.25) is 10.1 Å². The number of aromatic amines is 1. The smallest absolute Gasteiger partial charge is 0.231 e. The second-order valence-electron chi connectivity index (χ2n) is 3.68. The Morgan fingerprint density at radius 1 is 1.12 bits per heavy atom. The van der Waals surface area contributed by atoms with Crippen LogP contribution < -0.4 is 9.47 Å². The largest absolute Gasteiger partial charge is 0.454 e. The monoisotopic (exact) mass is 213 g/mol. The van der Waals surface area contributed by atoms with Crippen LogP contribution in [0.3, 0.4) is 0 Å². The molecule has 0 fully saturated rings. The zero-order valence-electron chi connectivity index (χ0n) is 8.23. The highest BCUT2D eigenvalue weighted by Gasteiger charge is 2.16. The molecule has 0 radical (unpaired) electrons. The average molecular weight is 213 g/mol. The van der Waals surface area contributed by atoms with E-state index in [1.807, 2.05) is 12.1 Å². The minimum absolute atomic E-state index is 0.276. The van der Waals surface area contributed by atoms with E-state index in [0.29, 0.717) is 0 Å². The van der Waals surface area contributed by atoms with E-state index in [1.54, 1.807) is 12.4 Å². The normalized spacial score (nSPS) is 13.8. The summed E-state index contributed by atoms with van der Waals surface area (Å²) in [6, 6.07) is 3.82. The molecule has 1 aliphatic heterocycles. The first kappa shape index (κ1) is 7.92. The minimum atomic E-state index is 0.276. The predicted molar refractivity (Wildman–Crippen MR) is 57.5 cm³/mol. The lowest BCUT2D eigenvalue weighted by Crippen LogP contribution is -1.92. The van der Waals surface area contributed by atoms with E-state index in [-0.39, 0.29) is 6.79 Å². The summed E-state index contributed by atoms with van der Waals surface area (Å²) in [7, 11) is 0. The highest BCUT2D eigenvalue weighted by molar-refractivity contribution is 6.03. The molecule has 0 saturated carbocycles. The molecule has 2 aromatic heterocycles. The molecule has 0 amide bonds. The van der Waals surface area contributed by atoms with Gasteiger partial charge in [-0.15, -0.1) is 0 Å². The van der Waals surface area contributed by atoms with Gasteiger partial charge in [0.1, 0.15) is 0 Å². The Morgan fingerprint density at radius 3 is 2.94 bits per heavy atom. The van der Waals surface area contributed by atoms with Crippen molar-refractivity contribution in [2.75, 3.05) is 6.79 Å². The average Bonchev–Trinajstić information content (AvgIpc) is 2.94. The van der Waals surface area contributed by atoms with Gasteiger partial charge in [-0.1, -0.05) is 0 Å². The topological polar surface area (TPSA) is 60.0 Å². The van der Waals surface area contributed by atoms with Crippen molar-refractivity contribution in [1.82, 2.24) is 15.2 Å². The van der Waals surface area contributed by atoms with Crippen molar-refractivity contribution in [3.8, 4) is 11.5 Å². The van der Waals surface area contributed by atoms with Gasteiger partial charge in [0.25, 0.3) is 0 Å². The number of benzene rings is 1. The molecular formula is C11H7N3O2. The molecular weight excluding hydrogens is 206 g/mol. The standard InChI is InChI=1S/C11H7N3O2/c1-7-8(2-10-9(1)15-5-16-10)12-3-6-4-13-14-11(6)7/h1-4H,5H2,(H,13,14). The van der Waals surface area contributed by atoms with Crippen molar-refractivity contribution in [3.63, 3.8) is 0 Å². The third-order valence-electron chi connectivity index (χ3n) is 2.77. The van der Waals surface area contributed by atoms with E-state index in [4.69, 9.17) is 9.47 Å². The Kier molecular flexibility index (Phi) is 1.30. The Labute approximate surface area is 90.0 Å². The van der Waals surface area contributed by atoms with Crippen LogP contribution in [0.2, 0.25) is 0 Å². The highest BCUT2D eigenvalue weighted by atomic mass is 16.7. The number of rotatable bonds is 0.